The first-order valence-corrected chi connectivity index (χ1v) is 7.64. The minimum absolute atomic E-state index is 0.685. The molecule has 1 saturated heterocycles. The Bertz CT molecular complexity index is 373. The third-order valence-corrected chi connectivity index (χ3v) is 3.69. The summed E-state index contributed by atoms with van der Waals surface area (Å²) in [5.74, 6) is 3.68. The molecular formula is C16H28N2O. The van der Waals surface area contributed by atoms with Gasteiger partial charge in [0.1, 0.15) is 11.5 Å². The molecule has 0 spiro atoms. The van der Waals surface area contributed by atoms with E-state index >= 15 is 0 Å². The zero-order chi connectivity index (χ0) is 13.7. The van der Waals surface area contributed by atoms with Crippen molar-refractivity contribution in [3.05, 3.63) is 23.7 Å². The number of furan rings is 1. The van der Waals surface area contributed by atoms with Gasteiger partial charge in [-0.1, -0.05) is 20.8 Å². The molecule has 1 unspecified atom stereocenters. The van der Waals surface area contributed by atoms with Crippen molar-refractivity contribution >= 4 is 0 Å². The topological polar surface area (TPSA) is 28.4 Å². The van der Waals surface area contributed by atoms with E-state index in [-0.39, 0.29) is 0 Å². The first-order valence-electron chi connectivity index (χ1n) is 7.64. The molecule has 108 valence electrons. The number of nitrogens with one attached hydrogen (secondary N) is 1. The van der Waals surface area contributed by atoms with E-state index < -0.39 is 0 Å². The number of hydrogen-bond donors (Lipinski definition) is 1. The van der Waals surface area contributed by atoms with Crippen LogP contribution in [-0.4, -0.2) is 24.5 Å². The van der Waals surface area contributed by atoms with Crippen molar-refractivity contribution in [2.45, 2.75) is 46.7 Å². The molecule has 1 atom stereocenters. The molecule has 1 aliphatic heterocycles. The fourth-order valence-electron chi connectivity index (χ4n) is 2.74. The van der Waals surface area contributed by atoms with Gasteiger partial charge < -0.3 is 9.73 Å². The van der Waals surface area contributed by atoms with Crippen molar-refractivity contribution in [2.75, 3.05) is 19.6 Å². The molecule has 0 bridgehead atoms. The third kappa shape index (κ3) is 5.00. The average molecular weight is 264 g/mol. The lowest BCUT2D eigenvalue weighted by atomic mass is 10.0. The Kier molecular flexibility index (Phi) is 5.46. The van der Waals surface area contributed by atoms with Crippen LogP contribution in [-0.2, 0) is 13.1 Å². The van der Waals surface area contributed by atoms with E-state index in [2.05, 4.69) is 43.1 Å². The lowest BCUT2D eigenvalue weighted by Gasteiger charge is -2.29. The average Bonchev–Trinajstić information content (AvgIpc) is 2.76. The van der Waals surface area contributed by atoms with Crippen LogP contribution in [0.4, 0.5) is 0 Å². The third-order valence-electron chi connectivity index (χ3n) is 3.69. The Balaban J connectivity index is 1.77. The SMILES string of the molecule is CC(C)CNCc1ccc(CN2CCCC(C)C2)o1. The smallest absolute Gasteiger partial charge is 0.118 e. The molecule has 0 amide bonds. The van der Waals surface area contributed by atoms with Gasteiger partial charge in [-0.25, -0.2) is 0 Å². The summed E-state index contributed by atoms with van der Waals surface area (Å²) >= 11 is 0. The van der Waals surface area contributed by atoms with Gasteiger partial charge in [-0.3, -0.25) is 4.90 Å². The highest BCUT2D eigenvalue weighted by molar-refractivity contribution is 5.07. The maximum absolute atomic E-state index is 5.90. The van der Waals surface area contributed by atoms with Gasteiger partial charge in [-0.15, -0.1) is 0 Å². The van der Waals surface area contributed by atoms with Crippen molar-refractivity contribution in [1.82, 2.24) is 10.2 Å². The van der Waals surface area contributed by atoms with Crippen LogP contribution in [0.2, 0.25) is 0 Å². The summed E-state index contributed by atoms with van der Waals surface area (Å²) in [6, 6.07) is 4.24. The molecule has 1 aromatic heterocycles. The molecule has 1 aromatic rings. The van der Waals surface area contributed by atoms with E-state index in [0.717, 1.165) is 37.1 Å². The minimum Gasteiger partial charge on any atom is -0.463 e. The molecule has 0 radical (unpaired) electrons. The Labute approximate surface area is 117 Å². The Morgan fingerprint density at radius 3 is 2.89 bits per heavy atom. The summed E-state index contributed by atoms with van der Waals surface area (Å²) in [5.41, 5.74) is 0. The molecule has 1 N–H and O–H groups in total. The first kappa shape index (κ1) is 14.6. The van der Waals surface area contributed by atoms with E-state index in [1.54, 1.807) is 0 Å². The van der Waals surface area contributed by atoms with Crippen LogP contribution in [0.3, 0.4) is 0 Å². The van der Waals surface area contributed by atoms with Gasteiger partial charge in [0.25, 0.3) is 0 Å². The Hall–Kier alpha value is -0.800. The maximum atomic E-state index is 5.90. The molecule has 3 heteroatoms. The highest BCUT2D eigenvalue weighted by Crippen LogP contribution is 2.18. The normalized spacial score (nSPS) is 21.2. The fourth-order valence-corrected chi connectivity index (χ4v) is 2.74. The summed E-state index contributed by atoms with van der Waals surface area (Å²) in [5, 5.41) is 3.42. The molecule has 1 fully saturated rings. The van der Waals surface area contributed by atoms with E-state index in [4.69, 9.17) is 4.42 Å². The van der Waals surface area contributed by atoms with Gasteiger partial charge in [-0.05, 0) is 49.9 Å². The minimum atomic E-state index is 0.685. The predicted molar refractivity (Wildman–Crippen MR) is 78.9 cm³/mol. The van der Waals surface area contributed by atoms with Crippen molar-refractivity contribution in [3.63, 3.8) is 0 Å². The quantitative estimate of drug-likeness (QED) is 0.855. The van der Waals surface area contributed by atoms with E-state index in [0.29, 0.717) is 5.92 Å². The number of likely N-dealkylation sites (tertiary alicyclic amines) is 1. The number of nitrogens with zero attached hydrogens (tertiary/aromatic N) is 1. The number of rotatable bonds is 6. The van der Waals surface area contributed by atoms with Gasteiger partial charge in [0.05, 0.1) is 13.1 Å². The summed E-state index contributed by atoms with van der Waals surface area (Å²) in [4.78, 5) is 2.51. The fraction of sp³-hybridized carbons (Fsp3) is 0.750. The van der Waals surface area contributed by atoms with Gasteiger partial charge in [0.15, 0.2) is 0 Å². The zero-order valence-electron chi connectivity index (χ0n) is 12.6. The maximum Gasteiger partial charge on any atom is 0.118 e. The Morgan fingerprint density at radius 1 is 1.37 bits per heavy atom. The standard InChI is InChI=1S/C16H28N2O/c1-13(2)9-17-10-15-6-7-16(19-15)12-18-8-4-5-14(3)11-18/h6-7,13-14,17H,4-5,8-12H2,1-3H3. The van der Waals surface area contributed by atoms with Crippen molar-refractivity contribution in [2.24, 2.45) is 11.8 Å². The summed E-state index contributed by atoms with van der Waals surface area (Å²) in [7, 11) is 0. The summed E-state index contributed by atoms with van der Waals surface area (Å²) < 4.78 is 5.90. The lowest BCUT2D eigenvalue weighted by Crippen LogP contribution is -2.33. The monoisotopic (exact) mass is 264 g/mol. The molecule has 2 heterocycles. The largest absolute Gasteiger partial charge is 0.463 e. The highest BCUT2D eigenvalue weighted by atomic mass is 16.3. The van der Waals surface area contributed by atoms with Crippen LogP contribution in [0.15, 0.2) is 16.5 Å². The van der Waals surface area contributed by atoms with Crippen molar-refractivity contribution in [3.8, 4) is 0 Å². The van der Waals surface area contributed by atoms with Gasteiger partial charge in [-0.2, -0.15) is 0 Å². The van der Waals surface area contributed by atoms with Crippen LogP contribution >= 0.6 is 0 Å². The molecular weight excluding hydrogens is 236 g/mol. The summed E-state index contributed by atoms with van der Waals surface area (Å²) in [6.07, 6.45) is 2.70. The molecule has 0 saturated carbocycles. The zero-order valence-corrected chi connectivity index (χ0v) is 12.6. The van der Waals surface area contributed by atoms with Gasteiger partial charge in [0.2, 0.25) is 0 Å². The van der Waals surface area contributed by atoms with Crippen molar-refractivity contribution < 1.29 is 4.42 Å². The van der Waals surface area contributed by atoms with E-state index in [1.165, 1.54) is 25.9 Å². The van der Waals surface area contributed by atoms with Gasteiger partial charge >= 0.3 is 0 Å². The van der Waals surface area contributed by atoms with Crippen molar-refractivity contribution in [1.29, 1.82) is 0 Å². The molecule has 3 nitrogen and oxygen atoms in total. The molecule has 0 aromatic carbocycles. The highest BCUT2D eigenvalue weighted by Gasteiger charge is 2.17. The molecule has 0 aliphatic carbocycles. The molecule has 2 rings (SSSR count). The van der Waals surface area contributed by atoms with E-state index in [1.807, 2.05) is 0 Å². The first-order chi connectivity index (χ1) is 9.13. The number of hydrogen-bond acceptors (Lipinski definition) is 3. The second-order valence-electron chi connectivity index (χ2n) is 6.38. The molecule has 1 aliphatic rings. The van der Waals surface area contributed by atoms with Crippen LogP contribution in [0, 0.1) is 11.8 Å². The van der Waals surface area contributed by atoms with Gasteiger partial charge in [0, 0.05) is 6.54 Å². The van der Waals surface area contributed by atoms with E-state index in [9.17, 15) is 0 Å². The second-order valence-corrected chi connectivity index (χ2v) is 6.38. The van der Waals surface area contributed by atoms with Crippen LogP contribution < -0.4 is 5.32 Å². The lowest BCUT2D eigenvalue weighted by molar-refractivity contribution is 0.164. The van der Waals surface area contributed by atoms with Crippen LogP contribution in [0.25, 0.3) is 0 Å². The number of piperidine rings is 1. The second kappa shape index (κ2) is 7.11. The van der Waals surface area contributed by atoms with Crippen LogP contribution in [0.5, 0.6) is 0 Å². The Morgan fingerprint density at radius 2 is 2.16 bits per heavy atom. The predicted octanol–water partition coefficient (Wildman–Crippen LogP) is 3.26. The summed E-state index contributed by atoms with van der Waals surface area (Å²) in [6.45, 7) is 12.1. The van der Waals surface area contributed by atoms with Crippen LogP contribution in [0.1, 0.15) is 45.1 Å². The molecule has 19 heavy (non-hydrogen) atoms.